The van der Waals surface area contributed by atoms with Gasteiger partial charge in [-0.25, -0.2) is 0 Å². The number of ether oxygens (including phenoxy) is 1. The van der Waals surface area contributed by atoms with Gasteiger partial charge in [-0.1, -0.05) is 49.9 Å². The summed E-state index contributed by atoms with van der Waals surface area (Å²) in [6.45, 7) is 7.88. The lowest BCUT2D eigenvalue weighted by molar-refractivity contribution is 0.267. The van der Waals surface area contributed by atoms with Crippen LogP contribution in [-0.4, -0.2) is 12.1 Å². The number of rotatable bonds is 6. The summed E-state index contributed by atoms with van der Waals surface area (Å²) < 4.78 is 5.97. The molecule has 2 aromatic carbocycles. The second-order valence-corrected chi connectivity index (χ2v) is 5.19. The number of fused-ring (bicyclic) bond motifs is 1. The molecule has 106 valence electrons. The Bertz CT molecular complexity index is 591. The molecule has 0 saturated carbocycles. The molecule has 2 atom stereocenters. The van der Waals surface area contributed by atoms with E-state index in [1.165, 1.54) is 16.3 Å². The number of hydrogen-bond acceptors (Lipinski definition) is 2. The molecule has 2 unspecified atom stereocenters. The van der Waals surface area contributed by atoms with Crippen molar-refractivity contribution in [1.82, 2.24) is 0 Å². The van der Waals surface area contributed by atoms with E-state index < -0.39 is 0 Å². The second kappa shape index (κ2) is 6.58. The van der Waals surface area contributed by atoms with Gasteiger partial charge in [-0.15, -0.1) is 0 Å². The van der Waals surface area contributed by atoms with Crippen molar-refractivity contribution in [2.75, 3.05) is 0 Å². The molecule has 0 aliphatic carbocycles. The van der Waals surface area contributed by atoms with E-state index in [2.05, 4.69) is 43.8 Å². The average Bonchev–Trinajstić information content (AvgIpc) is 2.49. The van der Waals surface area contributed by atoms with Gasteiger partial charge in [0.2, 0.25) is 0 Å². The molecule has 0 aliphatic heterocycles. The largest absolute Gasteiger partial charge is 0.486 e. The predicted octanol–water partition coefficient (Wildman–Crippen LogP) is 4.07. The van der Waals surface area contributed by atoms with Gasteiger partial charge >= 0.3 is 0 Å². The molecule has 0 amide bonds. The van der Waals surface area contributed by atoms with Crippen LogP contribution in [0.15, 0.2) is 49.1 Å². The first kappa shape index (κ1) is 14.6. The summed E-state index contributed by atoms with van der Waals surface area (Å²) in [5.41, 5.74) is 7.35. The fraction of sp³-hybridized carbons (Fsp3) is 0.333. The van der Waals surface area contributed by atoms with Gasteiger partial charge in [-0.3, -0.25) is 0 Å². The van der Waals surface area contributed by atoms with Crippen LogP contribution in [0.3, 0.4) is 0 Å². The molecule has 0 aliphatic rings. The van der Waals surface area contributed by atoms with E-state index in [-0.39, 0.29) is 12.1 Å². The maximum absolute atomic E-state index is 6.15. The highest BCUT2D eigenvalue weighted by molar-refractivity contribution is 5.87. The highest BCUT2D eigenvalue weighted by atomic mass is 16.5. The first-order chi connectivity index (χ1) is 9.65. The molecule has 0 radical (unpaired) electrons. The molecular formula is C18H23NO. The van der Waals surface area contributed by atoms with Gasteiger partial charge in [-0.05, 0) is 36.6 Å². The van der Waals surface area contributed by atoms with Crippen molar-refractivity contribution < 1.29 is 4.74 Å². The molecule has 20 heavy (non-hydrogen) atoms. The van der Waals surface area contributed by atoms with Crippen LogP contribution in [0.5, 0.6) is 5.75 Å². The monoisotopic (exact) mass is 269 g/mol. The second-order valence-electron chi connectivity index (χ2n) is 5.19. The Morgan fingerprint density at radius 1 is 1.25 bits per heavy atom. The van der Waals surface area contributed by atoms with Crippen molar-refractivity contribution in [2.24, 2.45) is 5.73 Å². The highest BCUT2D eigenvalue weighted by Gasteiger charge is 2.13. The van der Waals surface area contributed by atoms with E-state index in [1.807, 2.05) is 13.0 Å². The zero-order chi connectivity index (χ0) is 14.5. The number of nitrogens with two attached hydrogens (primary N) is 1. The van der Waals surface area contributed by atoms with Gasteiger partial charge in [0.1, 0.15) is 11.9 Å². The van der Waals surface area contributed by atoms with E-state index in [1.54, 1.807) is 6.08 Å². The summed E-state index contributed by atoms with van der Waals surface area (Å²) in [5.74, 6) is 0.917. The summed E-state index contributed by atoms with van der Waals surface area (Å²) in [7, 11) is 0. The van der Waals surface area contributed by atoms with Crippen molar-refractivity contribution in [3.05, 3.63) is 54.6 Å². The summed E-state index contributed by atoms with van der Waals surface area (Å²) in [6, 6.07) is 12.7. The summed E-state index contributed by atoms with van der Waals surface area (Å²) >= 11 is 0. The van der Waals surface area contributed by atoms with Crippen LogP contribution in [0, 0.1) is 0 Å². The lowest BCUT2D eigenvalue weighted by Gasteiger charge is -2.19. The van der Waals surface area contributed by atoms with Gasteiger partial charge in [0.15, 0.2) is 0 Å². The molecule has 0 heterocycles. The first-order valence-corrected chi connectivity index (χ1v) is 7.21. The maximum atomic E-state index is 6.15. The van der Waals surface area contributed by atoms with E-state index in [9.17, 15) is 0 Å². The maximum Gasteiger partial charge on any atom is 0.124 e. The lowest BCUT2D eigenvalue weighted by Crippen LogP contribution is -2.22. The molecule has 0 fully saturated rings. The van der Waals surface area contributed by atoms with Gasteiger partial charge in [0, 0.05) is 11.6 Å². The first-order valence-electron chi connectivity index (χ1n) is 7.21. The van der Waals surface area contributed by atoms with E-state index in [0.29, 0.717) is 0 Å². The highest BCUT2D eigenvalue weighted by Crippen LogP contribution is 2.30. The summed E-state index contributed by atoms with van der Waals surface area (Å²) in [6.07, 6.45) is 3.59. The van der Waals surface area contributed by atoms with Crippen molar-refractivity contribution in [2.45, 2.75) is 38.8 Å². The van der Waals surface area contributed by atoms with Gasteiger partial charge in [-0.2, -0.15) is 0 Å². The summed E-state index contributed by atoms with van der Waals surface area (Å²) in [4.78, 5) is 0. The molecule has 0 saturated heterocycles. The van der Waals surface area contributed by atoms with Crippen LogP contribution < -0.4 is 10.5 Å². The molecule has 2 N–H and O–H groups in total. The fourth-order valence-electron chi connectivity index (χ4n) is 2.29. The quantitative estimate of drug-likeness (QED) is 0.802. The Labute approximate surface area is 121 Å². The Balaban J connectivity index is 2.49. The lowest BCUT2D eigenvalue weighted by atomic mass is 9.97. The minimum atomic E-state index is -0.00670. The van der Waals surface area contributed by atoms with Crippen LogP contribution >= 0.6 is 0 Å². The topological polar surface area (TPSA) is 35.2 Å². The zero-order valence-electron chi connectivity index (χ0n) is 12.3. The van der Waals surface area contributed by atoms with Gasteiger partial charge in [0.05, 0.1) is 0 Å². The number of benzene rings is 2. The normalized spacial score (nSPS) is 13.9. The van der Waals surface area contributed by atoms with E-state index in [0.717, 1.165) is 18.6 Å². The smallest absolute Gasteiger partial charge is 0.124 e. The predicted molar refractivity (Wildman–Crippen MR) is 86.2 cm³/mol. The fourth-order valence-corrected chi connectivity index (χ4v) is 2.29. The molecule has 0 bridgehead atoms. The van der Waals surface area contributed by atoms with Crippen molar-refractivity contribution in [1.29, 1.82) is 0 Å². The van der Waals surface area contributed by atoms with E-state index >= 15 is 0 Å². The van der Waals surface area contributed by atoms with Crippen molar-refractivity contribution in [3.8, 4) is 5.75 Å². The average molecular weight is 269 g/mol. The third-order valence-electron chi connectivity index (χ3n) is 3.63. The third-order valence-corrected chi connectivity index (χ3v) is 3.63. The Morgan fingerprint density at radius 3 is 2.70 bits per heavy atom. The van der Waals surface area contributed by atoms with Crippen LogP contribution in [0.25, 0.3) is 10.8 Å². The molecule has 0 aromatic heterocycles. The molecule has 2 rings (SSSR count). The SMILES string of the molecule is C=CC(C)Oc1ccc2ccccc2c1CC(N)CC. The Hall–Kier alpha value is -1.80. The third kappa shape index (κ3) is 3.20. The van der Waals surface area contributed by atoms with Crippen LogP contribution in [0.2, 0.25) is 0 Å². The molecule has 2 nitrogen and oxygen atoms in total. The molecule has 2 heteroatoms. The molecule has 0 spiro atoms. The Morgan fingerprint density at radius 2 is 2.00 bits per heavy atom. The van der Waals surface area contributed by atoms with Crippen LogP contribution in [-0.2, 0) is 6.42 Å². The molecule has 2 aromatic rings. The van der Waals surface area contributed by atoms with Gasteiger partial charge < -0.3 is 10.5 Å². The van der Waals surface area contributed by atoms with Crippen LogP contribution in [0.4, 0.5) is 0 Å². The molecular weight excluding hydrogens is 246 g/mol. The van der Waals surface area contributed by atoms with E-state index in [4.69, 9.17) is 10.5 Å². The number of hydrogen-bond donors (Lipinski definition) is 1. The zero-order valence-corrected chi connectivity index (χ0v) is 12.3. The minimum absolute atomic E-state index is 0.00670. The Kier molecular flexibility index (Phi) is 4.80. The minimum Gasteiger partial charge on any atom is -0.486 e. The standard InChI is InChI=1S/C18H23NO/c1-4-13(3)20-18-11-10-14-8-6-7-9-16(14)17(18)12-15(19)5-2/h4,6-11,13,15H,1,5,12,19H2,2-3H3. The van der Waals surface area contributed by atoms with Crippen molar-refractivity contribution in [3.63, 3.8) is 0 Å². The van der Waals surface area contributed by atoms with Crippen molar-refractivity contribution >= 4 is 10.8 Å². The summed E-state index contributed by atoms with van der Waals surface area (Å²) in [5, 5.41) is 2.45. The van der Waals surface area contributed by atoms with Crippen LogP contribution in [0.1, 0.15) is 25.8 Å². The van der Waals surface area contributed by atoms with Gasteiger partial charge in [0.25, 0.3) is 0 Å².